The van der Waals surface area contributed by atoms with Gasteiger partial charge in [0.25, 0.3) is 5.82 Å². The molecule has 6 rings (SSSR count). The Bertz CT molecular complexity index is 1700. The van der Waals surface area contributed by atoms with Gasteiger partial charge in [-0.3, -0.25) is 4.79 Å². The van der Waals surface area contributed by atoms with Crippen LogP contribution in [0.15, 0.2) is 118 Å². The quantitative estimate of drug-likeness (QED) is 0.207. The second-order valence-electron chi connectivity index (χ2n) is 8.98. The van der Waals surface area contributed by atoms with Crippen LogP contribution in [0.2, 0.25) is 0 Å². The Morgan fingerprint density at radius 1 is 0.865 bits per heavy atom. The number of ketones is 1. The first-order chi connectivity index (χ1) is 17.6. The number of furan rings is 1. The number of fused-ring (bicyclic) bond motifs is 3. The Hall–Kier alpha value is -3.48. The number of carbonyl (C=O) groups excluding carboxylic acids is 1. The van der Waals surface area contributed by atoms with Crippen molar-refractivity contribution in [2.75, 3.05) is 0 Å². The summed E-state index contributed by atoms with van der Waals surface area (Å²) in [5.41, 5.74) is 4.81. The van der Waals surface area contributed by atoms with Gasteiger partial charge in [-0.15, -0.1) is 0 Å². The van der Waals surface area contributed by atoms with Crippen LogP contribution in [0.25, 0.3) is 21.9 Å². The van der Waals surface area contributed by atoms with Crippen LogP contribution in [0.4, 0.5) is 0 Å². The van der Waals surface area contributed by atoms with E-state index in [0.29, 0.717) is 5.56 Å². The average molecular weight is 616 g/mol. The Morgan fingerprint density at radius 2 is 1.57 bits per heavy atom. The van der Waals surface area contributed by atoms with Crippen molar-refractivity contribution in [2.45, 2.75) is 19.5 Å². The average Bonchev–Trinajstić information content (AvgIpc) is 3.45. The molecule has 0 aliphatic carbocycles. The highest BCUT2D eigenvalue weighted by Crippen LogP contribution is 2.34. The topological polar surface area (TPSA) is 39.0 Å². The molecule has 1 unspecified atom stereocenters. The number of aromatic nitrogens is 2. The lowest BCUT2D eigenvalue weighted by atomic mass is 9.96. The van der Waals surface area contributed by atoms with Crippen LogP contribution in [0.1, 0.15) is 33.4 Å². The van der Waals surface area contributed by atoms with Crippen molar-refractivity contribution < 1.29 is 30.8 Å². The van der Waals surface area contributed by atoms with Crippen molar-refractivity contribution in [3.8, 4) is 0 Å². The number of hydrogen-bond acceptors (Lipinski definition) is 2. The van der Waals surface area contributed by atoms with Gasteiger partial charge in [0.2, 0.25) is 5.78 Å². The molecule has 0 saturated heterocycles. The largest absolute Gasteiger partial charge is 1.00 e. The van der Waals surface area contributed by atoms with Gasteiger partial charge in [-0.25, -0.2) is 9.13 Å². The van der Waals surface area contributed by atoms with Crippen molar-refractivity contribution in [1.29, 1.82) is 0 Å². The molecule has 0 radical (unpaired) electrons. The number of nitrogens with zero attached hydrogens (tertiary/aromatic N) is 2. The summed E-state index contributed by atoms with van der Waals surface area (Å²) in [6.45, 7) is 2.35. The fourth-order valence-electron chi connectivity index (χ4n) is 4.90. The first-order valence-electron chi connectivity index (χ1n) is 11.9. The van der Waals surface area contributed by atoms with E-state index in [1.807, 2.05) is 59.3 Å². The van der Waals surface area contributed by atoms with E-state index >= 15 is 0 Å². The summed E-state index contributed by atoms with van der Waals surface area (Å²) >= 11 is 3.44. The summed E-state index contributed by atoms with van der Waals surface area (Å²) in [5, 5.41) is 2.22. The molecular formula is C31H24Br2N2O2. The third-order valence-corrected chi connectivity index (χ3v) is 7.32. The SMILES string of the molecule is Cc1n(C(c2ccccc2)c2ccc3oc4ccccc4c3c2)cc[n+]1CC(=O)c1ccc(Br)cc1.[Br-]. The molecule has 184 valence electrons. The lowest BCUT2D eigenvalue weighted by Gasteiger charge is -2.17. The third-order valence-electron chi connectivity index (χ3n) is 6.79. The van der Waals surface area contributed by atoms with Gasteiger partial charge in [-0.2, -0.15) is 0 Å². The summed E-state index contributed by atoms with van der Waals surface area (Å²) in [5.74, 6) is 1.09. The number of hydrogen-bond donors (Lipinski definition) is 0. The van der Waals surface area contributed by atoms with Crippen molar-refractivity contribution in [3.05, 3.63) is 136 Å². The zero-order valence-corrected chi connectivity index (χ0v) is 23.3. The Kier molecular flexibility index (Phi) is 7.13. The maximum Gasteiger partial charge on any atom is 0.254 e. The summed E-state index contributed by atoms with van der Waals surface area (Å²) in [7, 11) is 0. The van der Waals surface area contributed by atoms with Gasteiger partial charge >= 0.3 is 0 Å². The smallest absolute Gasteiger partial charge is 0.254 e. The molecule has 0 fully saturated rings. The van der Waals surface area contributed by atoms with Crippen LogP contribution >= 0.6 is 15.9 Å². The molecule has 37 heavy (non-hydrogen) atoms. The Morgan fingerprint density at radius 3 is 2.35 bits per heavy atom. The van der Waals surface area contributed by atoms with Crippen molar-refractivity contribution in [1.82, 2.24) is 4.57 Å². The van der Waals surface area contributed by atoms with E-state index in [1.54, 1.807) is 0 Å². The number of rotatable bonds is 6. The first-order valence-corrected chi connectivity index (χ1v) is 12.7. The Balaban J connectivity index is 0.00000280. The van der Waals surface area contributed by atoms with E-state index < -0.39 is 0 Å². The number of carbonyl (C=O) groups is 1. The molecule has 6 heteroatoms. The molecule has 0 saturated carbocycles. The minimum atomic E-state index is -0.0479. The van der Waals surface area contributed by atoms with Gasteiger partial charge in [0.05, 0.1) is 0 Å². The zero-order valence-electron chi connectivity index (χ0n) is 20.1. The normalized spacial score (nSPS) is 11.9. The van der Waals surface area contributed by atoms with Crippen LogP contribution in [0.5, 0.6) is 0 Å². The predicted octanol–water partition coefficient (Wildman–Crippen LogP) is 4.27. The predicted molar refractivity (Wildman–Crippen MR) is 145 cm³/mol. The maximum absolute atomic E-state index is 13.0. The first kappa shape index (κ1) is 25.2. The van der Waals surface area contributed by atoms with Gasteiger partial charge in [0.15, 0.2) is 12.6 Å². The molecule has 0 bridgehead atoms. The fourth-order valence-corrected chi connectivity index (χ4v) is 5.17. The molecule has 0 amide bonds. The molecule has 1 atom stereocenters. The summed E-state index contributed by atoms with van der Waals surface area (Å²) in [6, 6.07) is 32.5. The number of para-hydroxylation sites is 1. The summed E-state index contributed by atoms with van der Waals surface area (Å²) < 4.78 is 11.3. The van der Waals surface area contributed by atoms with Crippen LogP contribution in [-0.2, 0) is 6.54 Å². The summed E-state index contributed by atoms with van der Waals surface area (Å²) in [6.07, 6.45) is 4.06. The van der Waals surface area contributed by atoms with E-state index in [4.69, 9.17) is 4.42 Å². The van der Waals surface area contributed by atoms with E-state index in [0.717, 1.165) is 37.8 Å². The van der Waals surface area contributed by atoms with Gasteiger partial charge in [-0.1, -0.05) is 82.7 Å². The van der Waals surface area contributed by atoms with E-state index in [9.17, 15) is 4.79 Å². The second kappa shape index (κ2) is 10.5. The van der Waals surface area contributed by atoms with Crippen molar-refractivity contribution in [2.24, 2.45) is 0 Å². The fraction of sp³-hybridized carbons (Fsp3) is 0.0968. The van der Waals surface area contributed by atoms with E-state index in [-0.39, 0.29) is 35.4 Å². The second-order valence-corrected chi connectivity index (χ2v) is 9.89. The number of halogens is 2. The van der Waals surface area contributed by atoms with Crippen LogP contribution in [0.3, 0.4) is 0 Å². The minimum Gasteiger partial charge on any atom is -1.00 e. The molecular weight excluding hydrogens is 592 g/mol. The molecule has 2 heterocycles. The number of benzene rings is 4. The van der Waals surface area contributed by atoms with Gasteiger partial charge in [0, 0.05) is 38.9 Å². The highest BCUT2D eigenvalue weighted by Gasteiger charge is 2.27. The minimum absolute atomic E-state index is 0. The van der Waals surface area contributed by atoms with Crippen LogP contribution in [0, 0.1) is 6.92 Å². The van der Waals surface area contributed by atoms with Gasteiger partial charge in [-0.05, 0) is 30.3 Å². The molecule has 0 aliphatic heterocycles. The van der Waals surface area contributed by atoms with Crippen molar-refractivity contribution in [3.63, 3.8) is 0 Å². The molecule has 0 spiro atoms. The standard InChI is InChI=1S/C31H24BrN2O2.BrH/c1-21-33(20-28(35)22-11-14-25(32)15-12-22)17-18-34(21)31(23-7-3-2-4-8-23)24-13-16-30-27(19-24)26-9-5-6-10-29(26)36-30;/h2-19,31H,20H2,1H3;1H/q+1;/p-1. The molecule has 6 aromatic rings. The van der Waals surface area contributed by atoms with E-state index in [1.165, 1.54) is 5.56 Å². The number of Topliss-reactive ketones (excluding diaryl/α,β-unsaturated/α-hetero) is 1. The Labute approximate surface area is 234 Å². The maximum atomic E-state index is 13.0. The highest BCUT2D eigenvalue weighted by molar-refractivity contribution is 9.10. The van der Waals surface area contributed by atoms with Crippen molar-refractivity contribution >= 4 is 43.7 Å². The molecule has 4 aromatic carbocycles. The lowest BCUT2D eigenvalue weighted by Crippen LogP contribution is -3.00. The van der Waals surface area contributed by atoms with Crippen LogP contribution < -0.4 is 21.5 Å². The zero-order chi connectivity index (χ0) is 24.6. The molecule has 0 aliphatic rings. The lowest BCUT2D eigenvalue weighted by molar-refractivity contribution is -0.688. The number of imidazole rings is 1. The highest BCUT2D eigenvalue weighted by atomic mass is 79.9. The van der Waals surface area contributed by atoms with E-state index in [2.05, 4.69) is 82.1 Å². The summed E-state index contributed by atoms with van der Waals surface area (Å²) in [4.78, 5) is 13.0. The molecule has 0 N–H and O–H groups in total. The van der Waals surface area contributed by atoms with Crippen LogP contribution in [-0.4, -0.2) is 10.4 Å². The monoisotopic (exact) mass is 614 g/mol. The van der Waals surface area contributed by atoms with Gasteiger partial charge < -0.3 is 21.4 Å². The molecule has 2 aromatic heterocycles. The molecule has 4 nitrogen and oxygen atoms in total. The third kappa shape index (κ3) is 4.79. The van der Waals surface area contributed by atoms with Gasteiger partial charge in [0.1, 0.15) is 23.6 Å².